The molecule has 0 spiro atoms. The van der Waals surface area contributed by atoms with E-state index in [2.05, 4.69) is 32.0 Å². The molecule has 0 saturated carbocycles. The molecule has 2 aromatic carbocycles. The van der Waals surface area contributed by atoms with Crippen LogP contribution in [-0.2, 0) is 0 Å². The van der Waals surface area contributed by atoms with Crippen LogP contribution in [0.5, 0.6) is 5.75 Å². The van der Waals surface area contributed by atoms with Crippen LogP contribution in [-0.4, -0.2) is 12.4 Å². The van der Waals surface area contributed by atoms with E-state index in [0.29, 0.717) is 0 Å². The molecule has 0 amide bonds. The Morgan fingerprint density at radius 2 is 1.95 bits per heavy atom. The Hall–Kier alpha value is -1.61. The molecule has 0 radical (unpaired) electrons. The Kier molecular flexibility index (Phi) is 5.36. The lowest BCUT2D eigenvalue weighted by atomic mass is 10.2. The third-order valence-electron chi connectivity index (χ3n) is 3.00. The molecule has 2 rings (SSSR count). The van der Waals surface area contributed by atoms with E-state index in [1.165, 1.54) is 16.0 Å². The summed E-state index contributed by atoms with van der Waals surface area (Å²) in [6.45, 7) is 5.01. The topological polar surface area (TPSA) is 35.2 Å². The Balaban J connectivity index is 1.71. The second-order valence-corrected chi connectivity index (χ2v) is 6.03. The fourth-order valence-electron chi connectivity index (χ4n) is 2.00. The number of nitrogen functional groups attached to an aromatic ring is 1. The van der Waals surface area contributed by atoms with Crippen LogP contribution >= 0.6 is 11.8 Å². The van der Waals surface area contributed by atoms with Gasteiger partial charge in [0.25, 0.3) is 0 Å². The number of anilines is 1. The second kappa shape index (κ2) is 7.25. The number of benzene rings is 2. The van der Waals surface area contributed by atoms with Gasteiger partial charge in [0.05, 0.1) is 6.61 Å². The van der Waals surface area contributed by atoms with E-state index in [1.807, 2.05) is 36.0 Å². The van der Waals surface area contributed by atoms with Crippen LogP contribution in [0.25, 0.3) is 0 Å². The molecule has 0 unspecified atom stereocenters. The molecule has 0 aromatic heterocycles. The second-order valence-electron chi connectivity index (χ2n) is 4.89. The molecule has 0 bridgehead atoms. The molecule has 0 aliphatic rings. The van der Waals surface area contributed by atoms with E-state index in [-0.39, 0.29) is 0 Å². The molecule has 0 atom stereocenters. The smallest absolute Gasteiger partial charge is 0.121 e. The first-order valence-electron chi connectivity index (χ1n) is 6.83. The molecule has 2 N–H and O–H groups in total. The third-order valence-corrected chi connectivity index (χ3v) is 4.27. The van der Waals surface area contributed by atoms with E-state index < -0.39 is 0 Å². The number of hydrogen-bond donors (Lipinski definition) is 1. The Labute approximate surface area is 125 Å². The largest absolute Gasteiger partial charge is 0.493 e. The van der Waals surface area contributed by atoms with Crippen molar-refractivity contribution in [3.05, 3.63) is 53.6 Å². The van der Waals surface area contributed by atoms with Crippen LogP contribution in [0.2, 0.25) is 0 Å². The van der Waals surface area contributed by atoms with Crippen molar-refractivity contribution in [3.63, 3.8) is 0 Å². The molecule has 20 heavy (non-hydrogen) atoms. The average Bonchev–Trinajstić information content (AvgIpc) is 2.41. The van der Waals surface area contributed by atoms with Crippen molar-refractivity contribution >= 4 is 17.4 Å². The molecular formula is C17H21NOS. The summed E-state index contributed by atoms with van der Waals surface area (Å²) in [5.74, 6) is 1.91. The minimum absolute atomic E-state index is 0.724. The highest BCUT2D eigenvalue weighted by molar-refractivity contribution is 7.99. The van der Waals surface area contributed by atoms with E-state index in [9.17, 15) is 0 Å². The molecule has 0 saturated heterocycles. The van der Waals surface area contributed by atoms with Crippen molar-refractivity contribution in [2.24, 2.45) is 0 Å². The van der Waals surface area contributed by atoms with Gasteiger partial charge < -0.3 is 10.5 Å². The lowest BCUT2D eigenvalue weighted by molar-refractivity contribution is 0.319. The molecule has 0 fully saturated rings. The maximum atomic E-state index is 5.71. The van der Waals surface area contributed by atoms with Gasteiger partial charge in [-0.3, -0.25) is 0 Å². The molecule has 0 aliphatic carbocycles. The fraction of sp³-hybridized carbons (Fsp3) is 0.294. The third kappa shape index (κ3) is 4.49. The van der Waals surface area contributed by atoms with Crippen LogP contribution in [0, 0.1) is 13.8 Å². The fourth-order valence-corrected chi connectivity index (χ4v) is 2.93. The van der Waals surface area contributed by atoms with E-state index in [0.717, 1.165) is 30.2 Å². The van der Waals surface area contributed by atoms with E-state index >= 15 is 0 Å². The van der Waals surface area contributed by atoms with Crippen LogP contribution < -0.4 is 10.5 Å². The van der Waals surface area contributed by atoms with Crippen LogP contribution in [0.1, 0.15) is 17.5 Å². The normalized spacial score (nSPS) is 10.5. The van der Waals surface area contributed by atoms with Crippen molar-refractivity contribution in [1.82, 2.24) is 0 Å². The van der Waals surface area contributed by atoms with Gasteiger partial charge in [-0.25, -0.2) is 0 Å². The Morgan fingerprint density at radius 1 is 1.10 bits per heavy atom. The Morgan fingerprint density at radius 3 is 2.70 bits per heavy atom. The van der Waals surface area contributed by atoms with Crippen molar-refractivity contribution in [2.45, 2.75) is 25.2 Å². The monoisotopic (exact) mass is 287 g/mol. The minimum Gasteiger partial charge on any atom is -0.493 e. The highest BCUT2D eigenvalue weighted by Crippen LogP contribution is 2.24. The zero-order valence-corrected chi connectivity index (χ0v) is 12.9. The minimum atomic E-state index is 0.724. The summed E-state index contributed by atoms with van der Waals surface area (Å²) in [6, 6.07) is 14.2. The Bertz CT molecular complexity index is 569. The van der Waals surface area contributed by atoms with Gasteiger partial charge in [-0.15, -0.1) is 11.8 Å². The molecule has 2 nitrogen and oxygen atoms in total. The van der Waals surface area contributed by atoms with Crippen LogP contribution in [0.4, 0.5) is 5.69 Å². The maximum Gasteiger partial charge on any atom is 0.121 e. The molecule has 0 heterocycles. The van der Waals surface area contributed by atoms with Crippen molar-refractivity contribution in [1.29, 1.82) is 0 Å². The highest BCUT2D eigenvalue weighted by atomic mass is 32.2. The zero-order valence-electron chi connectivity index (χ0n) is 12.1. The van der Waals surface area contributed by atoms with Gasteiger partial charge in [0.1, 0.15) is 5.75 Å². The van der Waals surface area contributed by atoms with Crippen LogP contribution in [0.15, 0.2) is 47.4 Å². The average molecular weight is 287 g/mol. The summed E-state index contributed by atoms with van der Waals surface area (Å²) in [5, 5.41) is 0. The quantitative estimate of drug-likeness (QED) is 0.484. The van der Waals surface area contributed by atoms with Gasteiger partial charge in [0.15, 0.2) is 0 Å². The summed E-state index contributed by atoms with van der Waals surface area (Å²) < 4.78 is 5.68. The predicted octanol–water partition coefficient (Wildman–Crippen LogP) is 4.45. The van der Waals surface area contributed by atoms with E-state index in [4.69, 9.17) is 10.5 Å². The lowest BCUT2D eigenvalue weighted by Gasteiger charge is -2.08. The number of ether oxygens (including phenoxy) is 1. The van der Waals surface area contributed by atoms with Gasteiger partial charge in [0, 0.05) is 22.4 Å². The molecular weight excluding hydrogens is 266 g/mol. The van der Waals surface area contributed by atoms with Gasteiger partial charge in [-0.1, -0.05) is 23.8 Å². The first-order valence-corrected chi connectivity index (χ1v) is 7.82. The van der Waals surface area contributed by atoms with Crippen molar-refractivity contribution < 1.29 is 4.74 Å². The number of hydrogen-bond acceptors (Lipinski definition) is 3. The van der Waals surface area contributed by atoms with Gasteiger partial charge in [0.2, 0.25) is 0 Å². The number of thioether (sulfide) groups is 1. The molecule has 106 valence electrons. The SMILES string of the molecule is Cc1ccc(SCCCOc2cccc(N)c2)c(C)c1. The first-order chi connectivity index (χ1) is 9.65. The first kappa shape index (κ1) is 14.8. The highest BCUT2D eigenvalue weighted by Gasteiger charge is 2.00. The predicted molar refractivity (Wildman–Crippen MR) is 87.6 cm³/mol. The standard InChI is InChI=1S/C17H21NOS/c1-13-7-8-17(14(2)11-13)20-10-4-9-19-16-6-3-5-15(18)12-16/h3,5-8,11-12H,4,9-10,18H2,1-2H3. The van der Waals surface area contributed by atoms with Crippen molar-refractivity contribution in [2.75, 3.05) is 18.1 Å². The van der Waals surface area contributed by atoms with Gasteiger partial charge >= 0.3 is 0 Å². The van der Waals surface area contributed by atoms with Crippen LogP contribution in [0.3, 0.4) is 0 Å². The van der Waals surface area contributed by atoms with Gasteiger partial charge in [-0.2, -0.15) is 0 Å². The van der Waals surface area contributed by atoms with Crippen molar-refractivity contribution in [3.8, 4) is 5.75 Å². The zero-order chi connectivity index (χ0) is 14.4. The van der Waals surface area contributed by atoms with Gasteiger partial charge in [-0.05, 0) is 44.0 Å². The molecule has 0 aliphatic heterocycles. The lowest BCUT2D eigenvalue weighted by Crippen LogP contribution is -1.99. The number of nitrogens with two attached hydrogens (primary N) is 1. The number of rotatable bonds is 6. The molecule has 3 heteroatoms. The summed E-state index contributed by atoms with van der Waals surface area (Å²) in [5.41, 5.74) is 9.12. The maximum absolute atomic E-state index is 5.71. The number of aryl methyl sites for hydroxylation is 2. The van der Waals surface area contributed by atoms with E-state index in [1.54, 1.807) is 0 Å². The summed E-state index contributed by atoms with van der Waals surface area (Å²) in [7, 11) is 0. The summed E-state index contributed by atoms with van der Waals surface area (Å²) in [4.78, 5) is 1.36. The molecule has 2 aromatic rings. The summed E-state index contributed by atoms with van der Waals surface area (Å²) in [6.07, 6.45) is 1.02. The summed E-state index contributed by atoms with van der Waals surface area (Å²) >= 11 is 1.89.